The molecule has 2 atom stereocenters. The van der Waals surface area contributed by atoms with Crippen molar-refractivity contribution in [3.63, 3.8) is 0 Å². The molecule has 0 saturated carbocycles. The second-order valence-corrected chi connectivity index (χ2v) is 6.03. The van der Waals surface area contributed by atoms with Crippen molar-refractivity contribution < 1.29 is 14.3 Å². The van der Waals surface area contributed by atoms with Crippen LogP contribution in [0.25, 0.3) is 0 Å². The van der Waals surface area contributed by atoms with Gasteiger partial charge < -0.3 is 20.1 Å². The summed E-state index contributed by atoms with van der Waals surface area (Å²) in [5.74, 6) is 1.46. The summed E-state index contributed by atoms with van der Waals surface area (Å²) in [7, 11) is 0. The number of carbonyl (C=O) groups excluding carboxylic acids is 1. The first-order chi connectivity index (χ1) is 11.5. The van der Waals surface area contributed by atoms with Gasteiger partial charge in [-0.1, -0.05) is 30.3 Å². The lowest BCUT2D eigenvalue weighted by Gasteiger charge is -2.20. The van der Waals surface area contributed by atoms with Gasteiger partial charge in [0.05, 0.1) is 12.1 Å². The monoisotopic (exact) mass is 326 g/mol. The predicted octanol–water partition coefficient (Wildman–Crippen LogP) is 3.85. The molecule has 0 radical (unpaired) electrons. The van der Waals surface area contributed by atoms with E-state index in [9.17, 15) is 4.79 Å². The number of fused-ring (bicyclic) bond motifs is 1. The van der Waals surface area contributed by atoms with Gasteiger partial charge in [-0.3, -0.25) is 0 Å². The average Bonchev–Trinajstić information content (AvgIpc) is 3.02. The number of benzene rings is 2. The first-order valence-corrected chi connectivity index (χ1v) is 8.06. The van der Waals surface area contributed by atoms with Gasteiger partial charge in [0.2, 0.25) is 6.79 Å². The molecule has 2 amide bonds. The smallest absolute Gasteiger partial charge is 0.315 e. The Morgan fingerprint density at radius 1 is 1.00 bits per heavy atom. The van der Waals surface area contributed by atoms with Gasteiger partial charge in [0.15, 0.2) is 11.5 Å². The third kappa shape index (κ3) is 3.45. The Balaban J connectivity index is 1.61. The highest BCUT2D eigenvalue weighted by Crippen LogP contribution is 2.34. The molecular formula is C19H22N2O3. The first kappa shape index (κ1) is 16.2. The zero-order valence-corrected chi connectivity index (χ0v) is 14.1. The highest BCUT2D eigenvalue weighted by molar-refractivity contribution is 5.75. The van der Waals surface area contributed by atoms with Gasteiger partial charge in [0.25, 0.3) is 0 Å². The summed E-state index contributed by atoms with van der Waals surface area (Å²) in [5.41, 5.74) is 3.25. The van der Waals surface area contributed by atoms with Crippen LogP contribution >= 0.6 is 0 Å². The molecule has 2 aromatic rings. The van der Waals surface area contributed by atoms with Crippen LogP contribution in [-0.4, -0.2) is 12.8 Å². The second-order valence-electron chi connectivity index (χ2n) is 6.03. The van der Waals surface area contributed by atoms with E-state index < -0.39 is 0 Å². The van der Waals surface area contributed by atoms with Crippen LogP contribution in [0, 0.1) is 6.92 Å². The minimum absolute atomic E-state index is 0.0600. The summed E-state index contributed by atoms with van der Waals surface area (Å²) < 4.78 is 10.7. The number of rotatable bonds is 4. The van der Waals surface area contributed by atoms with Gasteiger partial charge in [-0.2, -0.15) is 0 Å². The molecule has 0 spiro atoms. The Morgan fingerprint density at radius 3 is 2.50 bits per heavy atom. The molecule has 0 bridgehead atoms. The van der Waals surface area contributed by atoms with E-state index in [0.717, 1.165) is 28.2 Å². The van der Waals surface area contributed by atoms with Crippen LogP contribution in [0.5, 0.6) is 11.5 Å². The predicted molar refractivity (Wildman–Crippen MR) is 92.2 cm³/mol. The van der Waals surface area contributed by atoms with E-state index >= 15 is 0 Å². The fraction of sp³-hybridized carbons (Fsp3) is 0.316. The Morgan fingerprint density at radius 2 is 1.71 bits per heavy atom. The fourth-order valence-corrected chi connectivity index (χ4v) is 2.85. The van der Waals surface area contributed by atoms with Crippen LogP contribution < -0.4 is 20.1 Å². The number of carbonyl (C=O) groups is 1. The molecule has 0 aliphatic carbocycles. The van der Waals surface area contributed by atoms with Gasteiger partial charge in [-0.15, -0.1) is 0 Å². The molecule has 1 heterocycles. The van der Waals surface area contributed by atoms with Crippen LogP contribution in [0.1, 0.15) is 42.6 Å². The number of aryl methyl sites for hydroxylation is 1. The standard InChI is InChI=1S/C19H22N2O3/c1-12-6-4-5-7-16(12)14(3)21-19(22)20-13(2)15-8-9-17-18(10-15)24-11-23-17/h4-10,13-14H,11H2,1-3H3,(H2,20,21,22). The average molecular weight is 326 g/mol. The topological polar surface area (TPSA) is 59.6 Å². The van der Waals surface area contributed by atoms with Crippen molar-refractivity contribution in [1.29, 1.82) is 0 Å². The van der Waals surface area contributed by atoms with Gasteiger partial charge in [0, 0.05) is 0 Å². The highest BCUT2D eigenvalue weighted by Gasteiger charge is 2.18. The Bertz CT molecular complexity index is 745. The zero-order chi connectivity index (χ0) is 17.1. The molecule has 2 aromatic carbocycles. The molecule has 0 saturated heterocycles. The van der Waals surface area contributed by atoms with E-state index in [4.69, 9.17) is 9.47 Å². The molecule has 0 aromatic heterocycles. The van der Waals surface area contributed by atoms with Crippen molar-refractivity contribution in [2.24, 2.45) is 0 Å². The number of ether oxygens (including phenoxy) is 2. The van der Waals surface area contributed by atoms with Crippen LogP contribution in [0.4, 0.5) is 4.79 Å². The van der Waals surface area contributed by atoms with Crippen molar-refractivity contribution in [2.45, 2.75) is 32.9 Å². The molecule has 0 fully saturated rings. The van der Waals surface area contributed by atoms with Crippen LogP contribution in [0.15, 0.2) is 42.5 Å². The van der Waals surface area contributed by atoms with Gasteiger partial charge >= 0.3 is 6.03 Å². The molecule has 1 aliphatic heterocycles. The number of hydrogen-bond acceptors (Lipinski definition) is 3. The summed E-state index contributed by atoms with van der Waals surface area (Å²) in [5, 5.41) is 5.95. The maximum atomic E-state index is 12.3. The minimum atomic E-state index is -0.198. The van der Waals surface area contributed by atoms with Gasteiger partial charge in [-0.05, 0) is 49.6 Å². The second kappa shape index (κ2) is 6.83. The number of hydrogen-bond donors (Lipinski definition) is 2. The maximum Gasteiger partial charge on any atom is 0.315 e. The van der Waals surface area contributed by atoms with Crippen molar-refractivity contribution >= 4 is 6.03 Å². The van der Waals surface area contributed by atoms with E-state index in [1.165, 1.54) is 0 Å². The number of amides is 2. The molecule has 2 unspecified atom stereocenters. The Hall–Kier alpha value is -2.69. The van der Waals surface area contributed by atoms with E-state index in [2.05, 4.69) is 10.6 Å². The zero-order valence-electron chi connectivity index (χ0n) is 14.1. The molecule has 24 heavy (non-hydrogen) atoms. The van der Waals surface area contributed by atoms with Gasteiger partial charge in [-0.25, -0.2) is 4.79 Å². The lowest BCUT2D eigenvalue weighted by Crippen LogP contribution is -2.38. The third-order valence-electron chi connectivity index (χ3n) is 4.25. The summed E-state index contributed by atoms with van der Waals surface area (Å²) in [6.07, 6.45) is 0. The number of nitrogens with one attached hydrogen (secondary N) is 2. The van der Waals surface area contributed by atoms with Crippen molar-refractivity contribution in [3.05, 3.63) is 59.2 Å². The molecule has 3 rings (SSSR count). The molecular weight excluding hydrogens is 304 g/mol. The SMILES string of the molecule is Cc1ccccc1C(C)NC(=O)NC(C)c1ccc2c(c1)OCO2. The number of urea groups is 1. The van der Waals surface area contributed by atoms with Crippen LogP contribution in [-0.2, 0) is 0 Å². The summed E-state index contributed by atoms with van der Waals surface area (Å²) in [6, 6.07) is 13.4. The highest BCUT2D eigenvalue weighted by atomic mass is 16.7. The third-order valence-corrected chi connectivity index (χ3v) is 4.25. The van der Waals surface area contributed by atoms with Crippen LogP contribution in [0.2, 0.25) is 0 Å². The fourth-order valence-electron chi connectivity index (χ4n) is 2.85. The first-order valence-electron chi connectivity index (χ1n) is 8.06. The van der Waals surface area contributed by atoms with Crippen molar-refractivity contribution in [2.75, 3.05) is 6.79 Å². The van der Waals surface area contributed by atoms with E-state index in [-0.39, 0.29) is 24.9 Å². The van der Waals surface area contributed by atoms with Crippen molar-refractivity contribution in [3.8, 4) is 11.5 Å². The van der Waals surface area contributed by atoms with Crippen molar-refractivity contribution in [1.82, 2.24) is 10.6 Å². The van der Waals surface area contributed by atoms with Crippen LogP contribution in [0.3, 0.4) is 0 Å². The minimum Gasteiger partial charge on any atom is -0.454 e. The van der Waals surface area contributed by atoms with Gasteiger partial charge in [0.1, 0.15) is 0 Å². The maximum absolute atomic E-state index is 12.3. The molecule has 2 N–H and O–H groups in total. The molecule has 5 heteroatoms. The molecule has 1 aliphatic rings. The Kier molecular flexibility index (Phi) is 4.60. The summed E-state index contributed by atoms with van der Waals surface area (Å²) in [4.78, 5) is 12.3. The normalized spacial score (nSPS) is 14.8. The Labute approximate surface area is 142 Å². The lowest BCUT2D eigenvalue weighted by molar-refractivity contribution is 0.174. The van der Waals surface area contributed by atoms with E-state index in [1.54, 1.807) is 0 Å². The van der Waals surface area contributed by atoms with E-state index in [1.807, 2.05) is 63.2 Å². The molecule has 5 nitrogen and oxygen atoms in total. The van der Waals surface area contributed by atoms with E-state index in [0.29, 0.717) is 0 Å². The summed E-state index contributed by atoms with van der Waals surface area (Å²) in [6.45, 7) is 6.21. The largest absolute Gasteiger partial charge is 0.454 e. The molecule has 126 valence electrons. The quantitative estimate of drug-likeness (QED) is 0.897. The lowest BCUT2D eigenvalue weighted by atomic mass is 10.0. The summed E-state index contributed by atoms with van der Waals surface area (Å²) >= 11 is 0.